The minimum Gasteiger partial charge on any atom is -0.311 e. The standard InChI is InChI=1S/C43H27FN2S/c44-34-20-12-29(13-21-34)31-16-24-36(25-17-31)46(35-22-14-30(15-23-35)28-6-2-1-3-7-28)37-26-18-33(19-27-37)43-45-41-38-10-4-8-32-9-5-11-39(40(32)38)42(41)47-43/h1-27H. The molecule has 1 heterocycles. The van der Waals surface area contributed by atoms with Crippen LogP contribution in [0.2, 0.25) is 0 Å². The van der Waals surface area contributed by atoms with Gasteiger partial charge >= 0.3 is 0 Å². The van der Waals surface area contributed by atoms with Crippen LogP contribution in [0.15, 0.2) is 164 Å². The second-order valence-electron chi connectivity index (χ2n) is 11.8. The molecule has 1 aliphatic carbocycles. The number of hydrogen-bond donors (Lipinski definition) is 0. The van der Waals surface area contributed by atoms with Crippen LogP contribution < -0.4 is 4.90 Å². The van der Waals surface area contributed by atoms with Crippen LogP contribution in [-0.4, -0.2) is 4.98 Å². The van der Waals surface area contributed by atoms with Crippen LogP contribution >= 0.6 is 11.3 Å². The predicted molar refractivity (Wildman–Crippen MR) is 195 cm³/mol. The highest BCUT2D eigenvalue weighted by molar-refractivity contribution is 7.19. The molecule has 0 saturated heterocycles. The van der Waals surface area contributed by atoms with Crippen molar-refractivity contribution in [1.29, 1.82) is 0 Å². The summed E-state index contributed by atoms with van der Waals surface area (Å²) in [5, 5.41) is 3.60. The zero-order valence-electron chi connectivity index (χ0n) is 25.3. The van der Waals surface area contributed by atoms with Gasteiger partial charge in [-0.1, -0.05) is 103 Å². The first-order valence-electron chi connectivity index (χ1n) is 15.6. The Balaban J connectivity index is 1.08. The van der Waals surface area contributed by atoms with Gasteiger partial charge in [-0.2, -0.15) is 0 Å². The molecule has 7 aromatic carbocycles. The predicted octanol–water partition coefficient (Wildman–Crippen LogP) is 12.6. The molecule has 0 saturated carbocycles. The van der Waals surface area contributed by atoms with Crippen molar-refractivity contribution in [3.63, 3.8) is 0 Å². The van der Waals surface area contributed by atoms with E-state index in [1.807, 2.05) is 18.2 Å². The molecule has 47 heavy (non-hydrogen) atoms. The third-order valence-electron chi connectivity index (χ3n) is 8.94. The molecule has 4 heteroatoms. The molecule has 0 fully saturated rings. The number of rotatable bonds is 6. The van der Waals surface area contributed by atoms with Gasteiger partial charge in [-0.3, -0.25) is 0 Å². The molecule has 0 atom stereocenters. The van der Waals surface area contributed by atoms with E-state index < -0.39 is 0 Å². The SMILES string of the molecule is Fc1ccc(-c2ccc(N(c3ccc(-c4ccccc4)cc3)c3ccc(-c4nc5c(s4)-c4cccc6cccc-5c46)cc3)cc2)cc1. The van der Waals surface area contributed by atoms with Gasteiger partial charge in [-0.15, -0.1) is 11.3 Å². The fraction of sp³-hybridized carbons (Fsp3) is 0. The van der Waals surface area contributed by atoms with Gasteiger partial charge in [0, 0.05) is 33.8 Å². The Kier molecular flexibility index (Phi) is 6.54. The monoisotopic (exact) mass is 622 g/mol. The molecule has 0 N–H and O–H groups in total. The molecule has 2 nitrogen and oxygen atoms in total. The molecule has 0 spiro atoms. The van der Waals surface area contributed by atoms with E-state index in [0.29, 0.717) is 0 Å². The van der Waals surface area contributed by atoms with Crippen LogP contribution in [0.25, 0.3) is 65.3 Å². The number of fused-ring (bicyclic) bond motifs is 3. The first-order valence-corrected chi connectivity index (χ1v) is 16.5. The van der Waals surface area contributed by atoms with Crippen LogP contribution in [0, 0.1) is 5.82 Å². The average Bonchev–Trinajstić information content (AvgIpc) is 3.70. The van der Waals surface area contributed by atoms with Crippen molar-refractivity contribution in [2.45, 2.75) is 0 Å². The highest BCUT2D eigenvalue weighted by atomic mass is 32.1. The van der Waals surface area contributed by atoms with Crippen molar-refractivity contribution in [2.75, 3.05) is 4.90 Å². The smallest absolute Gasteiger partial charge is 0.124 e. The van der Waals surface area contributed by atoms with Crippen molar-refractivity contribution in [2.24, 2.45) is 0 Å². The average molecular weight is 623 g/mol. The summed E-state index contributed by atoms with van der Waals surface area (Å²) in [5.74, 6) is -0.233. The summed E-state index contributed by atoms with van der Waals surface area (Å²) < 4.78 is 13.6. The third-order valence-corrected chi connectivity index (χ3v) is 10.1. The van der Waals surface area contributed by atoms with E-state index >= 15 is 0 Å². The molecular formula is C43H27FN2S. The van der Waals surface area contributed by atoms with Gasteiger partial charge in [0.05, 0.1) is 10.6 Å². The number of hydrogen-bond acceptors (Lipinski definition) is 3. The Hall–Kier alpha value is -5.84. The van der Waals surface area contributed by atoms with E-state index in [-0.39, 0.29) is 5.82 Å². The maximum atomic E-state index is 13.6. The van der Waals surface area contributed by atoms with E-state index in [0.717, 1.165) is 44.5 Å². The number of nitrogens with zero attached hydrogens (tertiary/aromatic N) is 2. The van der Waals surface area contributed by atoms with Crippen molar-refractivity contribution in [3.8, 4) is 54.5 Å². The van der Waals surface area contributed by atoms with Crippen LogP contribution in [-0.2, 0) is 0 Å². The minimum absolute atomic E-state index is 0.233. The summed E-state index contributed by atoms with van der Waals surface area (Å²) in [6, 6.07) is 55.9. The zero-order valence-corrected chi connectivity index (χ0v) is 26.1. The third kappa shape index (κ3) is 4.82. The molecule has 0 bridgehead atoms. The Labute approximate surface area is 276 Å². The second-order valence-corrected chi connectivity index (χ2v) is 12.8. The fourth-order valence-electron chi connectivity index (χ4n) is 6.62. The van der Waals surface area contributed by atoms with Crippen LogP contribution in [0.4, 0.5) is 21.5 Å². The number of halogens is 1. The van der Waals surface area contributed by atoms with Crippen LogP contribution in [0.3, 0.4) is 0 Å². The van der Waals surface area contributed by atoms with Gasteiger partial charge in [-0.25, -0.2) is 9.37 Å². The van der Waals surface area contributed by atoms with E-state index in [4.69, 9.17) is 4.98 Å². The van der Waals surface area contributed by atoms with E-state index in [9.17, 15) is 4.39 Å². The molecule has 0 unspecified atom stereocenters. The lowest BCUT2D eigenvalue weighted by atomic mass is 10.0. The van der Waals surface area contributed by atoms with Crippen molar-refractivity contribution in [3.05, 3.63) is 170 Å². The number of aromatic nitrogens is 1. The molecule has 8 aromatic rings. The lowest BCUT2D eigenvalue weighted by Crippen LogP contribution is -2.09. The Morgan fingerprint density at radius 3 is 1.51 bits per heavy atom. The molecule has 1 aliphatic rings. The van der Waals surface area contributed by atoms with Gasteiger partial charge in [0.15, 0.2) is 0 Å². The molecule has 0 radical (unpaired) electrons. The molecule has 1 aromatic heterocycles. The van der Waals surface area contributed by atoms with Crippen molar-refractivity contribution in [1.82, 2.24) is 4.98 Å². The summed E-state index contributed by atoms with van der Waals surface area (Å²) in [7, 11) is 0. The normalized spacial score (nSPS) is 11.5. The Morgan fingerprint density at radius 2 is 0.936 bits per heavy atom. The molecule has 9 rings (SSSR count). The van der Waals surface area contributed by atoms with Crippen molar-refractivity contribution < 1.29 is 4.39 Å². The van der Waals surface area contributed by atoms with E-state index in [1.54, 1.807) is 11.3 Å². The maximum absolute atomic E-state index is 13.6. The summed E-state index contributed by atoms with van der Waals surface area (Å²) in [6.45, 7) is 0. The van der Waals surface area contributed by atoms with Gasteiger partial charge in [0.1, 0.15) is 10.8 Å². The quantitative estimate of drug-likeness (QED) is 0.183. The molecular weight excluding hydrogens is 596 g/mol. The maximum Gasteiger partial charge on any atom is 0.124 e. The van der Waals surface area contributed by atoms with E-state index in [2.05, 4.69) is 138 Å². The fourth-order valence-corrected chi connectivity index (χ4v) is 7.73. The van der Waals surface area contributed by atoms with Gasteiger partial charge in [0.2, 0.25) is 0 Å². The largest absolute Gasteiger partial charge is 0.311 e. The topological polar surface area (TPSA) is 16.1 Å². The Bertz CT molecular complexity index is 2320. The summed E-state index contributed by atoms with van der Waals surface area (Å²) >= 11 is 1.76. The highest BCUT2D eigenvalue weighted by Crippen LogP contribution is 2.51. The molecule has 222 valence electrons. The lowest BCUT2D eigenvalue weighted by Gasteiger charge is -2.26. The first-order chi connectivity index (χ1) is 23.2. The number of anilines is 3. The number of benzene rings is 7. The van der Waals surface area contributed by atoms with Gasteiger partial charge < -0.3 is 4.90 Å². The zero-order chi connectivity index (χ0) is 31.3. The van der Waals surface area contributed by atoms with Crippen molar-refractivity contribution >= 4 is 39.2 Å². The molecule has 0 amide bonds. The van der Waals surface area contributed by atoms with Crippen LogP contribution in [0.5, 0.6) is 0 Å². The first kappa shape index (κ1) is 27.5. The summed E-state index contributed by atoms with van der Waals surface area (Å²) in [4.78, 5) is 8.67. The lowest BCUT2D eigenvalue weighted by molar-refractivity contribution is 0.628. The van der Waals surface area contributed by atoms with Crippen LogP contribution in [0.1, 0.15) is 0 Å². The van der Waals surface area contributed by atoms with E-state index in [1.165, 1.54) is 50.0 Å². The summed E-state index contributed by atoms with van der Waals surface area (Å²) in [6.07, 6.45) is 0. The van der Waals surface area contributed by atoms with Gasteiger partial charge in [0.25, 0.3) is 0 Å². The highest BCUT2D eigenvalue weighted by Gasteiger charge is 2.26. The summed E-state index contributed by atoms with van der Waals surface area (Å²) in [5.41, 5.74) is 12.2. The second kappa shape index (κ2) is 11.2. The van der Waals surface area contributed by atoms with Gasteiger partial charge in [-0.05, 0) is 93.7 Å². The Morgan fingerprint density at radius 1 is 0.447 bits per heavy atom. The molecule has 0 aliphatic heterocycles. The minimum atomic E-state index is -0.233. The number of thiazole rings is 1.